The number of rotatable bonds is 6. The highest BCUT2D eigenvalue weighted by atomic mass is 31.2. The molecule has 1 fully saturated rings. The quantitative estimate of drug-likeness (QED) is 0.561. The lowest BCUT2D eigenvalue weighted by molar-refractivity contribution is -0.113. The maximum absolute atomic E-state index is 13.2. The zero-order valence-corrected chi connectivity index (χ0v) is 17.9. The molecule has 0 saturated carbocycles. The second kappa shape index (κ2) is 9.02. The van der Waals surface area contributed by atoms with Crippen LogP contribution in [0.1, 0.15) is 55.0 Å². The van der Waals surface area contributed by atoms with Gasteiger partial charge in [-0.05, 0) is 56.2 Å². The molecule has 3 heteroatoms. The van der Waals surface area contributed by atoms with Crippen molar-refractivity contribution in [2.75, 3.05) is 23.8 Å². The Labute approximate surface area is 165 Å². The van der Waals surface area contributed by atoms with Crippen molar-refractivity contribution < 1.29 is 4.79 Å². The number of anilines is 1. The lowest BCUT2D eigenvalue weighted by atomic mass is 10.1. The third-order valence-corrected chi connectivity index (χ3v) is 11.4. The highest BCUT2D eigenvalue weighted by molar-refractivity contribution is 7.77. The fourth-order valence-electron chi connectivity index (χ4n) is 4.81. The maximum atomic E-state index is 13.2. The molecule has 1 aliphatic rings. The van der Waals surface area contributed by atoms with Crippen LogP contribution in [0, 0.1) is 13.8 Å². The number of carbonyl (C=O) groups excluding carboxylic acids is 1. The second-order valence-electron chi connectivity index (χ2n) is 8.06. The first-order valence-electron chi connectivity index (χ1n) is 10.3. The van der Waals surface area contributed by atoms with Gasteiger partial charge in [-0.1, -0.05) is 55.5 Å². The number of para-hydroxylation sites is 1. The Bertz CT molecular complexity index is 749. The predicted octanol–water partition coefficient (Wildman–Crippen LogP) is 6.59. The SMILES string of the molecule is CCC[P+]1(CC(=O)Nc2c(C)cccc2C)CCCCC1c1ccccc1. The summed E-state index contributed by atoms with van der Waals surface area (Å²) in [5, 5.41) is 3.27. The van der Waals surface area contributed by atoms with Gasteiger partial charge < -0.3 is 5.32 Å². The van der Waals surface area contributed by atoms with Crippen LogP contribution in [0.3, 0.4) is 0 Å². The molecular formula is C24H33NOP+. The van der Waals surface area contributed by atoms with Gasteiger partial charge >= 0.3 is 0 Å². The molecule has 0 spiro atoms. The van der Waals surface area contributed by atoms with E-state index in [0.29, 0.717) is 5.66 Å². The minimum atomic E-state index is -1.36. The number of amides is 1. The van der Waals surface area contributed by atoms with Crippen molar-refractivity contribution >= 4 is 18.9 Å². The van der Waals surface area contributed by atoms with Crippen LogP contribution >= 0.6 is 7.26 Å². The lowest BCUT2D eigenvalue weighted by Gasteiger charge is -2.38. The molecule has 0 aromatic heterocycles. The molecule has 144 valence electrons. The molecule has 1 aliphatic heterocycles. The Morgan fingerprint density at radius 2 is 1.74 bits per heavy atom. The summed E-state index contributed by atoms with van der Waals surface area (Å²) < 4.78 is 0. The fraction of sp³-hybridized carbons (Fsp3) is 0.458. The normalized spacial score (nSPS) is 22.4. The van der Waals surface area contributed by atoms with Gasteiger partial charge in [-0.25, -0.2) is 0 Å². The highest BCUT2D eigenvalue weighted by Crippen LogP contribution is 2.73. The van der Waals surface area contributed by atoms with Crippen LogP contribution in [-0.4, -0.2) is 24.4 Å². The number of carbonyl (C=O) groups is 1. The second-order valence-corrected chi connectivity index (χ2v) is 12.3. The van der Waals surface area contributed by atoms with Crippen LogP contribution in [0.15, 0.2) is 48.5 Å². The summed E-state index contributed by atoms with van der Waals surface area (Å²) in [5.74, 6) is 0.219. The van der Waals surface area contributed by atoms with Crippen molar-refractivity contribution in [2.45, 2.75) is 52.1 Å². The zero-order valence-electron chi connectivity index (χ0n) is 17.0. The fourth-order valence-corrected chi connectivity index (χ4v) is 10.1. The monoisotopic (exact) mass is 382 g/mol. The molecule has 1 saturated heterocycles. The predicted molar refractivity (Wildman–Crippen MR) is 119 cm³/mol. The minimum absolute atomic E-state index is 0.219. The number of hydrogen-bond acceptors (Lipinski definition) is 1. The molecule has 2 aromatic carbocycles. The Morgan fingerprint density at radius 3 is 2.41 bits per heavy atom. The van der Waals surface area contributed by atoms with Gasteiger partial charge in [0.05, 0.1) is 18.0 Å². The van der Waals surface area contributed by atoms with Crippen LogP contribution in [-0.2, 0) is 4.79 Å². The van der Waals surface area contributed by atoms with E-state index >= 15 is 0 Å². The van der Waals surface area contributed by atoms with E-state index in [1.54, 1.807) is 0 Å². The topological polar surface area (TPSA) is 29.1 Å². The van der Waals surface area contributed by atoms with Gasteiger partial charge in [0, 0.05) is 12.9 Å². The third-order valence-electron chi connectivity index (χ3n) is 6.05. The smallest absolute Gasteiger partial charge is 0.261 e. The third kappa shape index (κ3) is 4.61. The molecule has 1 N–H and O–H groups in total. The van der Waals surface area contributed by atoms with Gasteiger partial charge in [0.15, 0.2) is 0 Å². The maximum Gasteiger partial charge on any atom is 0.261 e. The van der Waals surface area contributed by atoms with Crippen molar-refractivity contribution in [3.05, 3.63) is 65.2 Å². The van der Waals surface area contributed by atoms with E-state index < -0.39 is 7.26 Å². The standard InChI is InChI=1S/C24H32NOP/c1-4-16-27(17-9-8-15-22(27)21-13-6-5-7-14-21)18-23(26)25-24-19(2)11-10-12-20(24)3/h5-7,10-14,22H,4,8-9,15-18H2,1-3H3/p+1. The Balaban J connectivity index is 1.85. The Kier molecular flexibility index (Phi) is 6.71. The first-order valence-corrected chi connectivity index (χ1v) is 12.7. The molecule has 2 unspecified atom stereocenters. The number of hydrogen-bond donors (Lipinski definition) is 1. The molecule has 0 bridgehead atoms. The summed E-state index contributed by atoms with van der Waals surface area (Å²) in [7, 11) is -1.36. The molecule has 1 amide bonds. The molecule has 0 aliphatic carbocycles. The molecule has 27 heavy (non-hydrogen) atoms. The van der Waals surface area contributed by atoms with E-state index in [1.807, 2.05) is 0 Å². The average Bonchev–Trinajstić information content (AvgIpc) is 2.66. The Hall–Kier alpha value is -1.66. The van der Waals surface area contributed by atoms with Crippen molar-refractivity contribution in [1.29, 1.82) is 0 Å². The largest absolute Gasteiger partial charge is 0.322 e. The van der Waals surface area contributed by atoms with Crippen LogP contribution < -0.4 is 5.32 Å². The molecule has 0 radical (unpaired) electrons. The molecular weight excluding hydrogens is 349 g/mol. The molecule has 1 heterocycles. The summed E-state index contributed by atoms with van der Waals surface area (Å²) in [4.78, 5) is 13.2. The summed E-state index contributed by atoms with van der Waals surface area (Å²) in [6.45, 7) is 6.43. The minimum Gasteiger partial charge on any atom is -0.322 e. The first kappa shape index (κ1) is 20.1. The van der Waals surface area contributed by atoms with E-state index in [-0.39, 0.29) is 5.91 Å². The van der Waals surface area contributed by atoms with E-state index in [4.69, 9.17) is 0 Å². The summed E-state index contributed by atoms with van der Waals surface area (Å²) >= 11 is 0. The van der Waals surface area contributed by atoms with Crippen molar-refractivity contribution in [1.82, 2.24) is 0 Å². The van der Waals surface area contributed by atoms with Crippen molar-refractivity contribution in [2.24, 2.45) is 0 Å². The summed E-state index contributed by atoms with van der Waals surface area (Å²) in [5.41, 5.74) is 5.35. The molecule has 2 aromatic rings. The van der Waals surface area contributed by atoms with Gasteiger partial charge in [-0.2, -0.15) is 0 Å². The number of benzene rings is 2. The van der Waals surface area contributed by atoms with Crippen LogP contribution in [0.25, 0.3) is 0 Å². The molecule has 2 nitrogen and oxygen atoms in total. The first-order chi connectivity index (χ1) is 13.1. The van der Waals surface area contributed by atoms with Gasteiger partial charge in [-0.15, -0.1) is 0 Å². The van der Waals surface area contributed by atoms with Gasteiger partial charge in [-0.3, -0.25) is 4.79 Å². The zero-order chi connectivity index (χ0) is 19.3. The molecule has 3 rings (SSSR count). The molecule has 2 atom stereocenters. The number of nitrogens with one attached hydrogen (secondary N) is 1. The number of aryl methyl sites for hydroxylation is 2. The summed E-state index contributed by atoms with van der Waals surface area (Å²) in [6.07, 6.45) is 8.22. The highest BCUT2D eigenvalue weighted by Gasteiger charge is 2.48. The van der Waals surface area contributed by atoms with Crippen molar-refractivity contribution in [3.63, 3.8) is 0 Å². The van der Waals surface area contributed by atoms with Gasteiger partial charge in [0.2, 0.25) is 0 Å². The van der Waals surface area contributed by atoms with Crippen LogP contribution in [0.5, 0.6) is 0 Å². The Morgan fingerprint density at radius 1 is 1.04 bits per heavy atom. The lowest BCUT2D eigenvalue weighted by Crippen LogP contribution is -2.27. The van der Waals surface area contributed by atoms with Gasteiger partial charge in [0.25, 0.3) is 5.91 Å². The van der Waals surface area contributed by atoms with E-state index in [2.05, 4.69) is 74.6 Å². The van der Waals surface area contributed by atoms with E-state index in [0.717, 1.165) is 23.0 Å². The van der Waals surface area contributed by atoms with Crippen molar-refractivity contribution in [3.8, 4) is 0 Å². The van der Waals surface area contributed by atoms with Crippen LogP contribution in [0.4, 0.5) is 5.69 Å². The van der Waals surface area contributed by atoms with E-state index in [1.165, 1.54) is 43.6 Å². The average molecular weight is 383 g/mol. The van der Waals surface area contributed by atoms with Crippen LogP contribution in [0.2, 0.25) is 0 Å². The van der Waals surface area contributed by atoms with E-state index in [9.17, 15) is 4.79 Å². The van der Waals surface area contributed by atoms with Gasteiger partial charge in [0.1, 0.15) is 6.16 Å². The summed E-state index contributed by atoms with van der Waals surface area (Å²) in [6, 6.07) is 17.2.